The maximum absolute atomic E-state index is 14.0. The highest BCUT2D eigenvalue weighted by molar-refractivity contribution is 6.29. The van der Waals surface area contributed by atoms with Crippen LogP contribution >= 0.6 is 0 Å². The summed E-state index contributed by atoms with van der Waals surface area (Å²) in [4.78, 5) is 0. The van der Waals surface area contributed by atoms with Crippen LogP contribution in [0.1, 0.15) is 50.1 Å². The highest BCUT2D eigenvalue weighted by Crippen LogP contribution is 2.55. The van der Waals surface area contributed by atoms with Crippen molar-refractivity contribution >= 4 is 33.4 Å². The van der Waals surface area contributed by atoms with E-state index in [1.165, 1.54) is 18.2 Å². The smallest absolute Gasteiger partial charge is 0.404 e. The zero-order valence-electron chi connectivity index (χ0n) is 24.9. The van der Waals surface area contributed by atoms with Gasteiger partial charge in [-0.2, -0.15) is 55.3 Å². The minimum absolute atomic E-state index is 0.0350. The Morgan fingerprint density at radius 3 is 1.35 bits per heavy atom. The number of hydrogen-bond acceptors (Lipinski definition) is 9. The molecule has 0 amide bonds. The van der Waals surface area contributed by atoms with Gasteiger partial charge in [0.1, 0.15) is 59.4 Å². The van der Waals surface area contributed by atoms with Gasteiger partial charge in [-0.3, -0.25) is 0 Å². The summed E-state index contributed by atoms with van der Waals surface area (Å²) >= 11 is 0. The molecule has 0 unspecified atom stereocenters. The van der Waals surface area contributed by atoms with Crippen LogP contribution in [0.5, 0.6) is 5.75 Å². The van der Waals surface area contributed by atoms with Crippen LogP contribution in [-0.2, 0) is 6.18 Å². The Morgan fingerprint density at radius 1 is 0.510 bits per heavy atom. The first-order chi connectivity index (χ1) is 24.2. The molecule has 51 heavy (non-hydrogen) atoms. The average Bonchev–Trinajstić information content (AvgIpc) is 3.59. The van der Waals surface area contributed by atoms with E-state index in [9.17, 15) is 68.4 Å². The molecular formula is C36H8F6N8O. The molecule has 5 rings (SSSR count). The molecule has 3 aromatic rings. The lowest BCUT2D eigenvalue weighted by molar-refractivity contribution is -0.274. The summed E-state index contributed by atoms with van der Waals surface area (Å²) in [7, 11) is 0. The summed E-state index contributed by atoms with van der Waals surface area (Å²) in [6.45, 7) is 0. The van der Waals surface area contributed by atoms with E-state index >= 15 is 0 Å². The van der Waals surface area contributed by atoms with Crippen LogP contribution in [0.4, 0.5) is 26.3 Å². The van der Waals surface area contributed by atoms with Gasteiger partial charge in [-0.05, 0) is 58.7 Å². The minimum atomic E-state index is -5.16. The molecule has 0 saturated heterocycles. The van der Waals surface area contributed by atoms with Crippen LogP contribution in [-0.4, -0.2) is 6.36 Å². The Labute approximate surface area is 283 Å². The van der Waals surface area contributed by atoms with Crippen molar-refractivity contribution in [3.05, 3.63) is 110 Å². The van der Waals surface area contributed by atoms with E-state index in [1.807, 2.05) is 12.1 Å². The van der Waals surface area contributed by atoms with E-state index in [4.69, 9.17) is 0 Å². The van der Waals surface area contributed by atoms with Crippen LogP contribution in [0, 0.1) is 90.6 Å². The quantitative estimate of drug-likeness (QED) is 0.195. The first kappa shape index (κ1) is 34.3. The number of halogens is 6. The molecule has 0 fully saturated rings. The normalized spacial score (nSPS) is 12.9. The predicted octanol–water partition coefficient (Wildman–Crippen LogP) is 7.84. The number of ether oxygens (including phenoxy) is 1. The van der Waals surface area contributed by atoms with Crippen molar-refractivity contribution in [2.24, 2.45) is 0 Å². The van der Waals surface area contributed by atoms with Crippen LogP contribution in [0.25, 0.3) is 33.4 Å². The Hall–Kier alpha value is -8.08. The van der Waals surface area contributed by atoms with Crippen molar-refractivity contribution in [1.82, 2.24) is 0 Å². The molecule has 2 aliphatic rings. The lowest BCUT2D eigenvalue weighted by Gasteiger charge is -2.13. The molecule has 2 aliphatic carbocycles. The predicted molar refractivity (Wildman–Crippen MR) is 162 cm³/mol. The third kappa shape index (κ3) is 5.63. The van der Waals surface area contributed by atoms with Crippen molar-refractivity contribution in [2.45, 2.75) is 12.5 Å². The molecule has 0 N–H and O–H groups in total. The number of alkyl halides is 6. The molecule has 3 aromatic carbocycles. The maximum Gasteiger partial charge on any atom is 0.573 e. The van der Waals surface area contributed by atoms with Crippen LogP contribution in [0.2, 0.25) is 0 Å². The summed E-state index contributed by atoms with van der Waals surface area (Å²) in [5, 5.41) is 79.2. The monoisotopic (exact) mass is 682 g/mol. The molecule has 0 atom stereocenters. The zero-order chi connectivity index (χ0) is 37.4. The van der Waals surface area contributed by atoms with E-state index in [2.05, 4.69) is 4.74 Å². The van der Waals surface area contributed by atoms with Gasteiger partial charge in [-0.15, -0.1) is 13.2 Å². The molecule has 240 valence electrons. The van der Waals surface area contributed by atoms with Gasteiger partial charge in [0.25, 0.3) is 0 Å². The maximum atomic E-state index is 14.0. The summed E-state index contributed by atoms with van der Waals surface area (Å²) in [6, 6.07) is 21.3. The van der Waals surface area contributed by atoms with Crippen molar-refractivity contribution in [2.75, 3.05) is 0 Å². The van der Waals surface area contributed by atoms with Gasteiger partial charge in [-0.1, -0.05) is 12.1 Å². The van der Waals surface area contributed by atoms with Gasteiger partial charge < -0.3 is 4.74 Å². The molecular weight excluding hydrogens is 674 g/mol. The fourth-order valence-electron chi connectivity index (χ4n) is 5.84. The molecule has 0 aromatic heterocycles. The highest BCUT2D eigenvalue weighted by atomic mass is 19.4. The largest absolute Gasteiger partial charge is 0.573 e. The van der Waals surface area contributed by atoms with Crippen molar-refractivity contribution in [3.63, 3.8) is 0 Å². The Kier molecular flexibility index (Phi) is 8.40. The van der Waals surface area contributed by atoms with E-state index in [0.717, 1.165) is 30.3 Å². The van der Waals surface area contributed by atoms with Gasteiger partial charge in [0.15, 0.2) is 0 Å². The second-order valence-electron chi connectivity index (χ2n) is 10.4. The second-order valence-corrected chi connectivity index (χ2v) is 10.4. The average molecular weight is 683 g/mol. The van der Waals surface area contributed by atoms with Crippen LogP contribution < -0.4 is 4.74 Å². The second kappa shape index (κ2) is 12.5. The fourth-order valence-corrected chi connectivity index (χ4v) is 5.84. The SMILES string of the molecule is N#CC(C#N)=C1C(c2ccc(OC(F)(F)F)c(C#N)c2)=C(C#N)c2cc3c(cc21)C(C#N)=C(c1ccc(C#N)c(C(F)(F)F)c1)C3=C(C#N)C#N. The third-order valence-corrected chi connectivity index (χ3v) is 7.75. The molecule has 0 saturated carbocycles. The van der Waals surface area contributed by atoms with E-state index < -0.39 is 46.1 Å². The van der Waals surface area contributed by atoms with Crippen molar-refractivity contribution in [3.8, 4) is 54.3 Å². The van der Waals surface area contributed by atoms with Crippen molar-refractivity contribution < 1.29 is 31.1 Å². The Bertz CT molecular complexity index is 2590. The Morgan fingerprint density at radius 2 is 0.961 bits per heavy atom. The number of fused-ring (bicyclic) bond motifs is 2. The van der Waals surface area contributed by atoms with E-state index in [0.29, 0.717) is 6.07 Å². The fraction of sp³-hybridized carbons (Fsp3) is 0.0556. The van der Waals surface area contributed by atoms with Gasteiger partial charge >= 0.3 is 12.5 Å². The van der Waals surface area contributed by atoms with Gasteiger partial charge in [-0.25, -0.2) is 0 Å². The zero-order valence-corrected chi connectivity index (χ0v) is 24.9. The van der Waals surface area contributed by atoms with E-state index in [1.54, 1.807) is 30.3 Å². The molecule has 15 heteroatoms. The lowest BCUT2D eigenvalue weighted by Crippen LogP contribution is -2.17. The van der Waals surface area contributed by atoms with Crippen LogP contribution in [0.3, 0.4) is 0 Å². The number of hydrogen-bond donors (Lipinski definition) is 0. The third-order valence-electron chi connectivity index (χ3n) is 7.75. The summed E-state index contributed by atoms with van der Waals surface area (Å²) < 4.78 is 84.7. The van der Waals surface area contributed by atoms with Crippen molar-refractivity contribution in [1.29, 1.82) is 42.1 Å². The first-order valence-electron chi connectivity index (χ1n) is 13.7. The minimum Gasteiger partial charge on any atom is -0.404 e. The van der Waals surface area contributed by atoms with Crippen LogP contribution in [0.15, 0.2) is 59.7 Å². The number of benzene rings is 3. The first-order valence-corrected chi connectivity index (χ1v) is 13.7. The number of nitrogens with zero attached hydrogens (tertiary/aromatic N) is 8. The molecule has 0 spiro atoms. The molecule has 0 bridgehead atoms. The van der Waals surface area contributed by atoms with Gasteiger partial charge in [0.2, 0.25) is 0 Å². The highest BCUT2D eigenvalue weighted by Gasteiger charge is 2.39. The molecule has 0 radical (unpaired) electrons. The Balaban J connectivity index is 1.88. The lowest BCUT2D eigenvalue weighted by atomic mass is 9.89. The molecule has 9 nitrogen and oxygen atoms in total. The molecule has 0 heterocycles. The number of nitriles is 8. The summed E-state index contributed by atoms with van der Waals surface area (Å²) in [6.07, 6.45) is -10.2. The number of allylic oxidation sites excluding steroid dienone is 8. The van der Waals surface area contributed by atoms with E-state index in [-0.39, 0.29) is 66.8 Å². The topological polar surface area (TPSA) is 200 Å². The van der Waals surface area contributed by atoms with Gasteiger partial charge in [0.05, 0.1) is 33.9 Å². The number of rotatable bonds is 3. The summed E-state index contributed by atoms with van der Waals surface area (Å²) in [5.41, 5.74) is -6.13. The molecule has 0 aliphatic heterocycles. The van der Waals surface area contributed by atoms with Gasteiger partial charge in [0, 0.05) is 33.4 Å². The summed E-state index contributed by atoms with van der Waals surface area (Å²) in [5.74, 6) is -0.878. The standard InChI is InChI=1S/C36H8F6N8O/c37-35(38,39)29-6-18(1-2-19(29)9-43)32-28(16-50)24-8-25-23(7-26(24)34(32)22(13-47)14-48)27(15-49)31(33(25)21(11-45)12-46)17-3-4-30(20(5-17)10-44)51-36(40,41)42/h1-8H.